The molecular formula is C11H9F6NO. The van der Waals surface area contributed by atoms with Crippen molar-refractivity contribution in [2.45, 2.75) is 19.3 Å². The van der Waals surface area contributed by atoms with Gasteiger partial charge in [-0.15, -0.1) is 0 Å². The minimum absolute atomic E-state index is 0.173. The molecule has 2 nitrogen and oxygen atoms in total. The molecule has 0 unspecified atom stereocenters. The van der Waals surface area contributed by atoms with Gasteiger partial charge in [0, 0.05) is 11.3 Å². The molecule has 0 bridgehead atoms. The van der Waals surface area contributed by atoms with Crippen LogP contribution in [0.25, 0.3) is 0 Å². The number of nitrogen functional groups attached to an aromatic ring is 1. The summed E-state index contributed by atoms with van der Waals surface area (Å²) in [6.07, 6.45) is -11.4. The highest BCUT2D eigenvalue weighted by atomic mass is 19.4. The van der Waals surface area contributed by atoms with Crippen molar-refractivity contribution in [3.8, 4) is 0 Å². The number of rotatable bonds is 2. The van der Waals surface area contributed by atoms with Gasteiger partial charge in [0.25, 0.3) is 0 Å². The van der Waals surface area contributed by atoms with Crippen LogP contribution in [-0.4, -0.2) is 18.1 Å². The monoisotopic (exact) mass is 285 g/mol. The first-order valence-corrected chi connectivity index (χ1v) is 4.98. The summed E-state index contributed by atoms with van der Waals surface area (Å²) in [5.74, 6) is -6.06. The molecule has 0 spiro atoms. The Morgan fingerprint density at radius 1 is 1.11 bits per heavy atom. The van der Waals surface area contributed by atoms with Crippen molar-refractivity contribution in [2.75, 3.05) is 5.73 Å². The van der Waals surface area contributed by atoms with E-state index in [9.17, 15) is 31.1 Å². The highest BCUT2D eigenvalue weighted by molar-refractivity contribution is 5.99. The molecule has 1 aromatic rings. The van der Waals surface area contributed by atoms with Gasteiger partial charge in [-0.3, -0.25) is 4.79 Å². The molecule has 0 saturated heterocycles. The molecule has 8 heteroatoms. The number of anilines is 1. The summed E-state index contributed by atoms with van der Waals surface area (Å²) in [5.41, 5.74) is 5.11. The lowest BCUT2D eigenvalue weighted by Crippen LogP contribution is -2.42. The smallest absolute Gasteiger partial charge is 0.399 e. The molecule has 0 amide bonds. The molecule has 1 rings (SSSR count). The van der Waals surface area contributed by atoms with E-state index in [0.29, 0.717) is 0 Å². The Hall–Kier alpha value is -1.73. The first-order valence-electron chi connectivity index (χ1n) is 4.98. The minimum atomic E-state index is -5.69. The second kappa shape index (κ2) is 4.75. The number of ketones is 1. The average molecular weight is 285 g/mol. The highest BCUT2D eigenvalue weighted by Crippen LogP contribution is 2.41. The molecule has 106 valence electrons. The van der Waals surface area contributed by atoms with Gasteiger partial charge in [0.05, 0.1) is 0 Å². The summed E-state index contributed by atoms with van der Waals surface area (Å²) in [5, 5.41) is 0. The molecule has 19 heavy (non-hydrogen) atoms. The van der Waals surface area contributed by atoms with Crippen molar-refractivity contribution in [3.05, 3.63) is 29.3 Å². The first-order chi connectivity index (χ1) is 8.44. The van der Waals surface area contributed by atoms with Crippen LogP contribution in [0.2, 0.25) is 0 Å². The molecule has 0 radical (unpaired) electrons. The topological polar surface area (TPSA) is 43.1 Å². The van der Waals surface area contributed by atoms with E-state index in [1.807, 2.05) is 0 Å². The standard InChI is InChI=1S/C11H9F6NO/c1-5-4-6(2-3-7(5)18)8(19)9(10(12,13)14)11(15,16)17/h2-4,9H,18H2,1H3. The zero-order valence-electron chi connectivity index (χ0n) is 9.56. The maximum Gasteiger partial charge on any atom is 0.407 e. The van der Waals surface area contributed by atoms with Crippen molar-refractivity contribution in [1.82, 2.24) is 0 Å². The molecule has 0 aliphatic carbocycles. The third-order valence-electron chi connectivity index (χ3n) is 2.47. The SMILES string of the molecule is Cc1cc(C(=O)C(C(F)(F)F)C(F)(F)F)ccc1N. The fourth-order valence-corrected chi connectivity index (χ4v) is 1.48. The fourth-order valence-electron chi connectivity index (χ4n) is 1.48. The van der Waals surface area contributed by atoms with E-state index in [2.05, 4.69) is 0 Å². The lowest BCUT2D eigenvalue weighted by Gasteiger charge is -2.21. The number of nitrogens with two attached hydrogens (primary N) is 1. The van der Waals surface area contributed by atoms with Gasteiger partial charge in [-0.25, -0.2) is 0 Å². The van der Waals surface area contributed by atoms with Crippen molar-refractivity contribution < 1.29 is 31.1 Å². The molecule has 0 aliphatic rings. The van der Waals surface area contributed by atoms with Crippen LogP contribution < -0.4 is 5.73 Å². The number of carbonyl (C=O) groups is 1. The minimum Gasteiger partial charge on any atom is -0.399 e. The molecule has 1 aromatic carbocycles. The van der Waals surface area contributed by atoms with Gasteiger partial charge in [-0.2, -0.15) is 26.3 Å². The van der Waals surface area contributed by atoms with E-state index in [1.54, 1.807) is 0 Å². The van der Waals surface area contributed by atoms with Gasteiger partial charge < -0.3 is 5.73 Å². The first kappa shape index (κ1) is 15.3. The maximum atomic E-state index is 12.4. The summed E-state index contributed by atoms with van der Waals surface area (Å²) in [6, 6.07) is 2.84. The van der Waals surface area contributed by atoms with Crippen LogP contribution in [-0.2, 0) is 0 Å². The molecule has 0 atom stereocenters. The number of halogens is 6. The van der Waals surface area contributed by atoms with E-state index < -0.39 is 29.6 Å². The molecular weight excluding hydrogens is 276 g/mol. The Balaban J connectivity index is 3.24. The number of alkyl halides is 6. The lowest BCUT2D eigenvalue weighted by atomic mass is 9.95. The predicted molar refractivity (Wildman–Crippen MR) is 55.5 cm³/mol. The number of carbonyl (C=O) groups excluding carboxylic acids is 1. The van der Waals surface area contributed by atoms with Crippen LogP contribution >= 0.6 is 0 Å². The van der Waals surface area contributed by atoms with E-state index in [4.69, 9.17) is 5.73 Å². The van der Waals surface area contributed by atoms with E-state index >= 15 is 0 Å². The number of aryl methyl sites for hydroxylation is 1. The fraction of sp³-hybridized carbons (Fsp3) is 0.364. The quantitative estimate of drug-likeness (QED) is 0.513. The molecule has 0 saturated carbocycles. The number of benzene rings is 1. The highest BCUT2D eigenvalue weighted by Gasteiger charge is 2.60. The Bertz CT molecular complexity index is 477. The van der Waals surface area contributed by atoms with E-state index in [1.165, 1.54) is 6.92 Å². The zero-order chi connectivity index (χ0) is 15.0. The van der Waals surface area contributed by atoms with Gasteiger partial charge in [-0.05, 0) is 30.7 Å². The largest absolute Gasteiger partial charge is 0.407 e. The lowest BCUT2D eigenvalue weighted by molar-refractivity contribution is -0.264. The van der Waals surface area contributed by atoms with Crippen molar-refractivity contribution in [2.24, 2.45) is 5.92 Å². The normalized spacial score (nSPS) is 12.8. The molecule has 0 aromatic heterocycles. The third-order valence-corrected chi connectivity index (χ3v) is 2.47. The molecule has 0 heterocycles. The Labute approximate surface area is 104 Å². The van der Waals surface area contributed by atoms with Crippen LogP contribution in [0.5, 0.6) is 0 Å². The summed E-state index contributed by atoms with van der Waals surface area (Å²) in [7, 11) is 0. The number of hydrogen-bond acceptors (Lipinski definition) is 2. The van der Waals surface area contributed by atoms with E-state index in [0.717, 1.165) is 18.2 Å². The van der Waals surface area contributed by atoms with Crippen LogP contribution in [0.4, 0.5) is 32.0 Å². The predicted octanol–water partition coefficient (Wildman–Crippen LogP) is 3.50. The van der Waals surface area contributed by atoms with Gasteiger partial charge in [-0.1, -0.05) is 0 Å². The number of hydrogen-bond donors (Lipinski definition) is 1. The Morgan fingerprint density at radius 3 is 1.95 bits per heavy atom. The van der Waals surface area contributed by atoms with Crippen LogP contribution in [0.15, 0.2) is 18.2 Å². The summed E-state index contributed by atoms with van der Waals surface area (Å²) in [6.45, 7) is 1.38. The van der Waals surface area contributed by atoms with Crippen molar-refractivity contribution in [3.63, 3.8) is 0 Å². The Kier molecular flexibility index (Phi) is 3.83. The molecule has 0 fully saturated rings. The van der Waals surface area contributed by atoms with Crippen LogP contribution in [0, 0.1) is 12.8 Å². The summed E-state index contributed by atoms with van der Waals surface area (Å²) in [4.78, 5) is 11.4. The average Bonchev–Trinajstić information content (AvgIpc) is 2.17. The zero-order valence-corrected chi connectivity index (χ0v) is 9.56. The van der Waals surface area contributed by atoms with Crippen LogP contribution in [0.1, 0.15) is 15.9 Å². The second-order valence-electron chi connectivity index (χ2n) is 3.95. The Morgan fingerprint density at radius 2 is 1.58 bits per heavy atom. The third kappa shape index (κ3) is 3.39. The van der Waals surface area contributed by atoms with Gasteiger partial charge in [0.15, 0.2) is 5.78 Å². The van der Waals surface area contributed by atoms with Crippen molar-refractivity contribution >= 4 is 11.5 Å². The summed E-state index contributed by atoms with van der Waals surface area (Å²) >= 11 is 0. The van der Waals surface area contributed by atoms with Gasteiger partial charge in [0.1, 0.15) is 0 Å². The number of Topliss-reactive ketones (excluding diaryl/α,β-unsaturated/α-hetero) is 1. The molecule has 2 N–H and O–H groups in total. The van der Waals surface area contributed by atoms with Crippen molar-refractivity contribution in [1.29, 1.82) is 0 Å². The van der Waals surface area contributed by atoms with Gasteiger partial charge >= 0.3 is 12.4 Å². The van der Waals surface area contributed by atoms with E-state index in [-0.39, 0.29) is 11.3 Å². The van der Waals surface area contributed by atoms with Crippen LogP contribution in [0.3, 0.4) is 0 Å². The molecule has 0 aliphatic heterocycles. The summed E-state index contributed by atoms with van der Waals surface area (Å²) < 4.78 is 74.2. The maximum absolute atomic E-state index is 12.4. The van der Waals surface area contributed by atoms with Gasteiger partial charge in [0.2, 0.25) is 5.92 Å². The second-order valence-corrected chi connectivity index (χ2v) is 3.95.